The number of rotatable bonds is 6. The van der Waals surface area contributed by atoms with Crippen LogP contribution in [0.4, 0.5) is 5.69 Å². The second-order valence-electron chi connectivity index (χ2n) is 7.09. The van der Waals surface area contributed by atoms with Crippen LogP contribution in [0.25, 0.3) is 0 Å². The summed E-state index contributed by atoms with van der Waals surface area (Å²) in [5.41, 5.74) is 4.11. The second-order valence-corrected chi connectivity index (χ2v) is 7.09. The molecule has 2 aromatic carbocycles. The molecule has 0 saturated carbocycles. The van der Waals surface area contributed by atoms with E-state index in [1.165, 1.54) is 0 Å². The highest BCUT2D eigenvalue weighted by molar-refractivity contribution is 6.21. The molecule has 150 valence electrons. The molecule has 29 heavy (non-hydrogen) atoms. The highest BCUT2D eigenvalue weighted by Crippen LogP contribution is 2.24. The Labute approximate surface area is 168 Å². The lowest BCUT2D eigenvalue weighted by molar-refractivity contribution is -0.147. The zero-order valence-corrected chi connectivity index (χ0v) is 16.6. The van der Waals surface area contributed by atoms with Gasteiger partial charge in [-0.2, -0.15) is 0 Å². The molecule has 0 aliphatic carbocycles. The van der Waals surface area contributed by atoms with Gasteiger partial charge in [-0.05, 0) is 50.1 Å². The molecule has 7 heteroatoms. The van der Waals surface area contributed by atoms with Crippen LogP contribution in [0.3, 0.4) is 0 Å². The summed E-state index contributed by atoms with van der Waals surface area (Å²) < 4.78 is 4.97. The minimum Gasteiger partial charge on any atom is -0.456 e. The third-order valence-electron chi connectivity index (χ3n) is 4.70. The van der Waals surface area contributed by atoms with Gasteiger partial charge in [0, 0.05) is 12.2 Å². The average molecular weight is 394 g/mol. The number of benzene rings is 2. The monoisotopic (exact) mass is 394 g/mol. The first-order valence-corrected chi connectivity index (χ1v) is 9.26. The van der Waals surface area contributed by atoms with Crippen molar-refractivity contribution in [3.63, 3.8) is 0 Å². The molecule has 0 saturated heterocycles. The minimum atomic E-state index is -0.658. The van der Waals surface area contributed by atoms with Crippen LogP contribution in [0.1, 0.15) is 43.8 Å². The van der Waals surface area contributed by atoms with Crippen LogP contribution >= 0.6 is 0 Å². The quantitative estimate of drug-likeness (QED) is 0.601. The number of anilines is 1. The maximum absolute atomic E-state index is 12.4. The number of ether oxygens (including phenoxy) is 1. The van der Waals surface area contributed by atoms with Crippen molar-refractivity contribution in [2.24, 2.45) is 0 Å². The van der Waals surface area contributed by atoms with Gasteiger partial charge in [0.25, 0.3) is 17.7 Å². The van der Waals surface area contributed by atoms with Gasteiger partial charge in [-0.3, -0.25) is 24.1 Å². The van der Waals surface area contributed by atoms with Gasteiger partial charge in [-0.15, -0.1) is 0 Å². The Morgan fingerprint density at radius 3 is 2.34 bits per heavy atom. The Morgan fingerprint density at radius 2 is 1.59 bits per heavy atom. The number of carbonyl (C=O) groups is 4. The number of aryl methyl sites for hydroxylation is 3. The van der Waals surface area contributed by atoms with E-state index >= 15 is 0 Å². The van der Waals surface area contributed by atoms with Crippen molar-refractivity contribution < 1.29 is 23.9 Å². The number of nitrogens with zero attached hydrogens (tertiary/aromatic N) is 1. The number of hydrogen-bond donors (Lipinski definition) is 1. The first-order chi connectivity index (χ1) is 13.8. The maximum atomic E-state index is 12.4. The Kier molecular flexibility index (Phi) is 5.77. The third kappa shape index (κ3) is 4.51. The van der Waals surface area contributed by atoms with Crippen molar-refractivity contribution in [2.45, 2.75) is 27.2 Å². The van der Waals surface area contributed by atoms with Crippen LogP contribution in [-0.2, 0) is 14.3 Å². The van der Waals surface area contributed by atoms with Crippen molar-refractivity contribution in [3.05, 3.63) is 64.2 Å². The summed E-state index contributed by atoms with van der Waals surface area (Å²) in [6, 6.07) is 10.7. The molecule has 7 nitrogen and oxygen atoms in total. The van der Waals surface area contributed by atoms with Crippen LogP contribution in [0.2, 0.25) is 0 Å². The summed E-state index contributed by atoms with van der Waals surface area (Å²) in [5, 5.41) is 2.70. The zero-order chi connectivity index (χ0) is 21.1. The summed E-state index contributed by atoms with van der Waals surface area (Å²) in [7, 11) is 0. The Bertz CT molecular complexity index is 1010. The predicted octanol–water partition coefficient (Wildman–Crippen LogP) is 2.78. The lowest BCUT2D eigenvalue weighted by Gasteiger charge is -2.13. The summed E-state index contributed by atoms with van der Waals surface area (Å²) in [6.07, 6.45) is -0.179. The largest absolute Gasteiger partial charge is 0.456 e. The Balaban J connectivity index is 1.49. The van der Waals surface area contributed by atoms with Crippen molar-refractivity contribution >= 4 is 29.4 Å². The number of amides is 3. The third-order valence-corrected chi connectivity index (χ3v) is 4.70. The molecule has 1 aliphatic rings. The van der Waals surface area contributed by atoms with Crippen molar-refractivity contribution in [1.82, 2.24) is 4.90 Å². The SMILES string of the molecule is Cc1ccc(C)c(NC(=O)COC(=O)CCN2C(=O)c3ccc(C)cc3C2=O)c1. The molecular weight excluding hydrogens is 372 g/mol. The molecule has 1 heterocycles. The summed E-state index contributed by atoms with van der Waals surface area (Å²) in [5.74, 6) is -1.96. The number of nitrogens with one attached hydrogen (secondary N) is 1. The smallest absolute Gasteiger partial charge is 0.308 e. The molecule has 0 bridgehead atoms. The highest BCUT2D eigenvalue weighted by Gasteiger charge is 2.35. The zero-order valence-electron chi connectivity index (χ0n) is 16.6. The van der Waals surface area contributed by atoms with Gasteiger partial charge in [-0.1, -0.05) is 23.8 Å². The van der Waals surface area contributed by atoms with Gasteiger partial charge in [0.15, 0.2) is 6.61 Å². The minimum absolute atomic E-state index is 0.0944. The lowest BCUT2D eigenvalue weighted by atomic mass is 10.1. The van der Waals surface area contributed by atoms with Crippen molar-refractivity contribution in [1.29, 1.82) is 0 Å². The molecule has 3 amide bonds. The van der Waals surface area contributed by atoms with E-state index in [2.05, 4.69) is 5.32 Å². The van der Waals surface area contributed by atoms with Crippen LogP contribution < -0.4 is 5.32 Å². The lowest BCUT2D eigenvalue weighted by Crippen LogP contribution is -2.32. The number of imide groups is 1. The van der Waals surface area contributed by atoms with Gasteiger partial charge < -0.3 is 10.1 Å². The number of esters is 1. The van der Waals surface area contributed by atoms with Crippen molar-refractivity contribution in [3.8, 4) is 0 Å². The summed E-state index contributed by atoms with van der Waals surface area (Å²) >= 11 is 0. The normalized spacial score (nSPS) is 12.7. The number of hydrogen-bond acceptors (Lipinski definition) is 5. The van der Waals surface area contributed by atoms with Crippen LogP contribution in [-0.4, -0.2) is 41.7 Å². The molecule has 0 aromatic heterocycles. The Morgan fingerprint density at radius 1 is 0.931 bits per heavy atom. The van der Waals surface area contributed by atoms with Gasteiger partial charge in [-0.25, -0.2) is 0 Å². The molecule has 1 N–H and O–H groups in total. The topological polar surface area (TPSA) is 92.8 Å². The predicted molar refractivity (Wildman–Crippen MR) is 107 cm³/mol. The first kappa shape index (κ1) is 20.3. The molecule has 0 atom stereocenters. The molecule has 1 aliphatic heterocycles. The van der Waals surface area contributed by atoms with Gasteiger partial charge in [0.05, 0.1) is 17.5 Å². The molecule has 0 fully saturated rings. The summed E-state index contributed by atoms with van der Waals surface area (Å²) in [6.45, 7) is 5.08. The fraction of sp³-hybridized carbons (Fsp3) is 0.273. The van der Waals surface area contributed by atoms with Gasteiger partial charge in [0.2, 0.25) is 0 Å². The fourth-order valence-corrected chi connectivity index (χ4v) is 3.09. The van der Waals surface area contributed by atoms with E-state index in [4.69, 9.17) is 4.74 Å². The second kappa shape index (κ2) is 8.26. The van der Waals surface area contributed by atoms with Crippen LogP contribution in [0, 0.1) is 20.8 Å². The summed E-state index contributed by atoms with van der Waals surface area (Å²) in [4.78, 5) is 49.8. The standard InChI is InChI=1S/C22H22N2O5/c1-13-5-7-16-17(10-13)22(28)24(21(16)27)9-8-20(26)29-12-19(25)23-18-11-14(2)4-6-15(18)3/h4-7,10-11H,8-9,12H2,1-3H3,(H,23,25). The molecule has 0 unspecified atom stereocenters. The molecule has 2 aromatic rings. The number of carbonyl (C=O) groups excluding carboxylic acids is 4. The van der Waals surface area contributed by atoms with Gasteiger partial charge in [0.1, 0.15) is 0 Å². The van der Waals surface area contributed by atoms with E-state index in [-0.39, 0.29) is 13.0 Å². The van der Waals surface area contributed by atoms with Gasteiger partial charge >= 0.3 is 5.97 Å². The van der Waals surface area contributed by atoms with E-state index in [1.54, 1.807) is 18.2 Å². The van der Waals surface area contributed by atoms with E-state index in [9.17, 15) is 19.2 Å². The Hall–Kier alpha value is -3.48. The molecule has 3 rings (SSSR count). The number of fused-ring (bicyclic) bond motifs is 1. The average Bonchev–Trinajstić information content (AvgIpc) is 2.91. The van der Waals surface area contributed by atoms with Crippen molar-refractivity contribution in [2.75, 3.05) is 18.5 Å². The van der Waals surface area contributed by atoms with E-state index in [1.807, 2.05) is 39.0 Å². The van der Waals surface area contributed by atoms with Crippen LogP contribution in [0.5, 0.6) is 0 Å². The first-order valence-electron chi connectivity index (χ1n) is 9.26. The van der Waals surface area contributed by atoms with Crippen LogP contribution in [0.15, 0.2) is 36.4 Å². The fourth-order valence-electron chi connectivity index (χ4n) is 3.09. The van der Waals surface area contributed by atoms with E-state index < -0.39 is 30.3 Å². The molecule has 0 spiro atoms. The van der Waals surface area contributed by atoms with E-state index in [0.29, 0.717) is 16.8 Å². The maximum Gasteiger partial charge on any atom is 0.308 e. The highest BCUT2D eigenvalue weighted by atomic mass is 16.5. The molecule has 0 radical (unpaired) electrons. The molecular formula is C22H22N2O5. The van der Waals surface area contributed by atoms with E-state index in [0.717, 1.165) is 21.6 Å².